The van der Waals surface area contributed by atoms with E-state index >= 15 is 0 Å². The molecular formula is C21H22F3NO7. The molecule has 174 valence electrons. The zero-order valence-corrected chi connectivity index (χ0v) is 16.8. The van der Waals surface area contributed by atoms with E-state index in [-0.39, 0.29) is 11.1 Å². The minimum atomic E-state index is -4.85. The Morgan fingerprint density at radius 1 is 1.06 bits per heavy atom. The average molecular weight is 457 g/mol. The second kappa shape index (κ2) is 9.43. The van der Waals surface area contributed by atoms with Crippen LogP contribution in [0.4, 0.5) is 13.2 Å². The molecule has 0 aromatic heterocycles. The van der Waals surface area contributed by atoms with Crippen molar-refractivity contribution < 1.29 is 47.9 Å². The molecule has 0 saturated carbocycles. The summed E-state index contributed by atoms with van der Waals surface area (Å²) in [7, 11) is 1.43. The molecule has 0 aliphatic carbocycles. The normalized spacial score (nSPS) is 25.9. The van der Waals surface area contributed by atoms with Crippen molar-refractivity contribution in [3.63, 3.8) is 0 Å². The molecular weight excluding hydrogens is 435 g/mol. The van der Waals surface area contributed by atoms with Crippen molar-refractivity contribution in [2.24, 2.45) is 0 Å². The topological polar surface area (TPSA) is 128 Å². The van der Waals surface area contributed by atoms with Gasteiger partial charge < -0.3 is 35.2 Å². The fraction of sp³-hybridized carbons (Fsp3) is 0.381. The number of carbonyl (C=O) groups excluding carboxylic acids is 1. The van der Waals surface area contributed by atoms with Crippen LogP contribution in [0.1, 0.15) is 15.9 Å². The van der Waals surface area contributed by atoms with E-state index in [4.69, 9.17) is 9.47 Å². The third-order valence-corrected chi connectivity index (χ3v) is 5.06. The first-order valence-corrected chi connectivity index (χ1v) is 9.57. The third-order valence-electron chi connectivity index (χ3n) is 5.06. The smallest absolute Gasteiger partial charge is 0.419 e. The number of ether oxygens (including phenoxy) is 2. The van der Waals surface area contributed by atoms with E-state index in [1.165, 1.54) is 31.3 Å². The molecule has 2 aromatic carbocycles. The molecule has 5 N–H and O–H groups in total. The predicted molar refractivity (Wildman–Crippen MR) is 105 cm³/mol. The lowest BCUT2D eigenvalue weighted by Gasteiger charge is -2.39. The summed E-state index contributed by atoms with van der Waals surface area (Å²) >= 11 is 0. The number of rotatable bonds is 5. The third kappa shape index (κ3) is 4.87. The highest BCUT2D eigenvalue weighted by molar-refractivity contribution is 5.95. The van der Waals surface area contributed by atoms with E-state index in [1.807, 2.05) is 0 Å². The molecule has 1 heterocycles. The molecule has 8 nitrogen and oxygen atoms in total. The number of hydrogen-bond acceptors (Lipinski definition) is 7. The molecule has 0 spiro atoms. The Morgan fingerprint density at radius 3 is 2.38 bits per heavy atom. The fourth-order valence-corrected chi connectivity index (χ4v) is 3.31. The molecule has 1 fully saturated rings. The first-order valence-electron chi connectivity index (χ1n) is 9.57. The molecule has 32 heavy (non-hydrogen) atoms. The van der Waals surface area contributed by atoms with Crippen LogP contribution in [0.2, 0.25) is 0 Å². The molecule has 1 aliphatic rings. The van der Waals surface area contributed by atoms with Crippen LogP contribution in [0.15, 0.2) is 42.5 Å². The number of halogens is 3. The van der Waals surface area contributed by atoms with E-state index < -0.39 is 60.7 Å². The van der Waals surface area contributed by atoms with Gasteiger partial charge in [0, 0.05) is 12.6 Å². The summed E-state index contributed by atoms with van der Waals surface area (Å²) in [4.78, 5) is 11.8. The van der Waals surface area contributed by atoms with E-state index in [9.17, 15) is 38.4 Å². The van der Waals surface area contributed by atoms with Crippen molar-refractivity contribution in [2.45, 2.75) is 36.9 Å². The van der Waals surface area contributed by atoms with Gasteiger partial charge in [0.1, 0.15) is 30.2 Å². The van der Waals surface area contributed by atoms with Crippen molar-refractivity contribution in [2.75, 3.05) is 13.7 Å². The number of aliphatic hydroxyl groups excluding tert-OH is 4. The number of alkyl halides is 3. The van der Waals surface area contributed by atoms with Crippen LogP contribution in [0.25, 0.3) is 11.1 Å². The maximum absolute atomic E-state index is 13.8. The Hall–Kier alpha value is -2.70. The predicted octanol–water partition coefficient (Wildman–Crippen LogP) is 0.911. The Morgan fingerprint density at radius 2 is 1.75 bits per heavy atom. The van der Waals surface area contributed by atoms with E-state index in [2.05, 4.69) is 5.32 Å². The minimum absolute atomic E-state index is 0.157. The molecule has 1 amide bonds. The minimum Gasteiger partial charge on any atom is -0.461 e. The summed E-state index contributed by atoms with van der Waals surface area (Å²) in [5, 5.41) is 41.4. The highest BCUT2D eigenvalue weighted by Crippen LogP contribution is 2.40. The maximum atomic E-state index is 13.8. The van der Waals surface area contributed by atoms with Crippen molar-refractivity contribution in [3.05, 3.63) is 53.6 Å². The molecule has 1 unspecified atom stereocenters. The van der Waals surface area contributed by atoms with E-state index in [0.29, 0.717) is 5.56 Å². The number of aliphatic hydroxyl groups is 4. The number of nitrogens with one attached hydrogen (secondary N) is 1. The van der Waals surface area contributed by atoms with E-state index in [0.717, 1.165) is 12.1 Å². The molecule has 5 atom stereocenters. The lowest BCUT2D eigenvalue weighted by molar-refractivity contribution is -0.278. The van der Waals surface area contributed by atoms with Gasteiger partial charge in [-0.2, -0.15) is 13.2 Å². The second-order valence-corrected chi connectivity index (χ2v) is 7.18. The van der Waals surface area contributed by atoms with Crippen LogP contribution in [0.3, 0.4) is 0 Å². The highest BCUT2D eigenvalue weighted by atomic mass is 19.4. The van der Waals surface area contributed by atoms with Gasteiger partial charge in [0.15, 0.2) is 0 Å². The molecule has 0 radical (unpaired) electrons. The van der Waals surface area contributed by atoms with Crippen LogP contribution in [-0.4, -0.2) is 70.7 Å². The SMILES string of the molecule is CNC(=O)c1cccc(-c2ccc(OC3O[C@@H](CO)[C@@H](O)[C@H](O)[C@H]3O)c(C(F)(F)F)c2)c1. The summed E-state index contributed by atoms with van der Waals surface area (Å²) in [5.41, 5.74) is -0.405. The van der Waals surface area contributed by atoms with Crippen LogP contribution < -0.4 is 10.1 Å². The molecule has 2 aromatic rings. The Balaban J connectivity index is 1.96. The lowest BCUT2D eigenvalue weighted by atomic mass is 9.98. The molecule has 3 rings (SSSR count). The zero-order valence-electron chi connectivity index (χ0n) is 16.8. The van der Waals surface area contributed by atoms with Crippen LogP contribution in [-0.2, 0) is 10.9 Å². The van der Waals surface area contributed by atoms with E-state index in [1.54, 1.807) is 6.07 Å². The Kier molecular flexibility index (Phi) is 7.06. The van der Waals surface area contributed by atoms with Gasteiger partial charge >= 0.3 is 6.18 Å². The molecule has 11 heteroatoms. The summed E-state index contributed by atoms with van der Waals surface area (Å²) < 4.78 is 51.6. The van der Waals surface area contributed by atoms with Gasteiger partial charge in [0.25, 0.3) is 5.91 Å². The van der Waals surface area contributed by atoms with Gasteiger partial charge in [-0.05, 0) is 35.4 Å². The van der Waals surface area contributed by atoms with Gasteiger partial charge in [0.05, 0.1) is 12.2 Å². The molecule has 1 aliphatic heterocycles. The van der Waals surface area contributed by atoms with Gasteiger partial charge in [-0.3, -0.25) is 4.79 Å². The first kappa shape index (κ1) is 24.0. The monoisotopic (exact) mass is 457 g/mol. The number of benzene rings is 2. The van der Waals surface area contributed by atoms with Crippen LogP contribution in [0.5, 0.6) is 5.75 Å². The zero-order chi connectivity index (χ0) is 23.6. The number of carbonyl (C=O) groups is 1. The lowest BCUT2D eigenvalue weighted by Crippen LogP contribution is -2.60. The Bertz CT molecular complexity index is 967. The summed E-state index contributed by atoms with van der Waals surface area (Å²) in [6, 6.07) is 9.20. The quantitative estimate of drug-likeness (QED) is 0.452. The van der Waals surface area contributed by atoms with Gasteiger partial charge in [-0.15, -0.1) is 0 Å². The molecule has 0 bridgehead atoms. The van der Waals surface area contributed by atoms with Crippen molar-refractivity contribution in [3.8, 4) is 16.9 Å². The summed E-state index contributed by atoms with van der Waals surface area (Å²) in [6.45, 7) is -0.752. The summed E-state index contributed by atoms with van der Waals surface area (Å²) in [6.07, 6.45) is -13.3. The van der Waals surface area contributed by atoms with Crippen LogP contribution in [0, 0.1) is 0 Å². The maximum Gasteiger partial charge on any atom is 0.419 e. The van der Waals surface area contributed by atoms with Gasteiger partial charge in [-0.25, -0.2) is 0 Å². The average Bonchev–Trinajstić information content (AvgIpc) is 2.78. The largest absolute Gasteiger partial charge is 0.461 e. The Labute approximate surface area is 180 Å². The molecule has 1 saturated heterocycles. The first-order chi connectivity index (χ1) is 15.1. The van der Waals surface area contributed by atoms with Crippen molar-refractivity contribution in [1.82, 2.24) is 5.32 Å². The van der Waals surface area contributed by atoms with Crippen molar-refractivity contribution in [1.29, 1.82) is 0 Å². The fourth-order valence-electron chi connectivity index (χ4n) is 3.31. The summed E-state index contributed by atoms with van der Waals surface area (Å²) in [5.74, 6) is -1.08. The number of amides is 1. The van der Waals surface area contributed by atoms with Gasteiger partial charge in [0.2, 0.25) is 6.29 Å². The van der Waals surface area contributed by atoms with Gasteiger partial charge in [-0.1, -0.05) is 18.2 Å². The standard InChI is InChI=1S/C21H22F3NO7/c1-25-19(30)12-4-2-3-10(7-12)11-5-6-14(13(8-11)21(22,23)24)31-20-18(29)17(28)16(27)15(9-26)32-20/h2-8,15-18,20,26-29H,9H2,1H3,(H,25,30)/t15-,16+,17-,18+,20?/m0/s1. The highest BCUT2D eigenvalue weighted by Gasteiger charge is 2.45. The van der Waals surface area contributed by atoms with Crippen molar-refractivity contribution >= 4 is 5.91 Å². The number of hydrogen-bond donors (Lipinski definition) is 5. The second-order valence-electron chi connectivity index (χ2n) is 7.18. The van der Waals surface area contributed by atoms with Crippen LogP contribution >= 0.6 is 0 Å².